The second-order valence-electron chi connectivity index (χ2n) is 4.39. The molecule has 20 heavy (non-hydrogen) atoms. The van der Waals surface area contributed by atoms with Crippen molar-refractivity contribution >= 4 is 15.9 Å². The van der Waals surface area contributed by atoms with E-state index in [0.717, 1.165) is 16.7 Å². The predicted molar refractivity (Wildman–Crippen MR) is 79.0 cm³/mol. The summed E-state index contributed by atoms with van der Waals surface area (Å²) in [4.78, 5) is 0. The lowest BCUT2D eigenvalue weighted by Crippen LogP contribution is -2.21. The van der Waals surface area contributed by atoms with E-state index in [1.807, 2.05) is 6.07 Å². The summed E-state index contributed by atoms with van der Waals surface area (Å²) in [6.07, 6.45) is 1.73. The summed E-state index contributed by atoms with van der Waals surface area (Å²) in [6, 6.07) is 6.85. The fourth-order valence-corrected chi connectivity index (χ4v) is 2.28. The Kier molecular flexibility index (Phi) is 5.70. The maximum atomic E-state index is 13.8. The second-order valence-corrected chi connectivity index (χ2v) is 5.30. The molecular weight excluding hydrogens is 325 g/mol. The van der Waals surface area contributed by atoms with Gasteiger partial charge in [-0.15, -0.1) is 0 Å². The van der Waals surface area contributed by atoms with Crippen LogP contribution in [0.1, 0.15) is 11.3 Å². The summed E-state index contributed by atoms with van der Waals surface area (Å²) in [5.74, 6) is -0.220. The summed E-state index contributed by atoms with van der Waals surface area (Å²) in [5, 5.41) is 7.50. The Labute approximate surface area is 126 Å². The minimum atomic E-state index is -0.220. The van der Waals surface area contributed by atoms with Crippen LogP contribution in [-0.2, 0) is 17.8 Å². The number of hydrogen-bond acceptors (Lipinski definition) is 3. The Morgan fingerprint density at radius 3 is 3.05 bits per heavy atom. The molecule has 0 radical (unpaired) electrons. The van der Waals surface area contributed by atoms with Crippen molar-refractivity contribution in [3.63, 3.8) is 0 Å². The van der Waals surface area contributed by atoms with Crippen LogP contribution in [0, 0.1) is 5.82 Å². The van der Waals surface area contributed by atoms with Crippen molar-refractivity contribution in [2.24, 2.45) is 0 Å². The molecule has 0 aliphatic carbocycles. The molecule has 6 heteroatoms. The average molecular weight is 342 g/mol. The van der Waals surface area contributed by atoms with Gasteiger partial charge in [-0.2, -0.15) is 5.10 Å². The molecule has 0 spiro atoms. The maximum Gasteiger partial charge on any atom is 0.128 e. The van der Waals surface area contributed by atoms with E-state index >= 15 is 0 Å². The molecule has 1 aromatic heterocycles. The van der Waals surface area contributed by atoms with Crippen molar-refractivity contribution in [2.75, 3.05) is 20.3 Å². The summed E-state index contributed by atoms with van der Waals surface area (Å²) in [5.41, 5.74) is 1.63. The number of nitrogens with one attached hydrogen (secondary N) is 1. The van der Waals surface area contributed by atoms with Gasteiger partial charge < -0.3 is 10.1 Å². The molecule has 0 aliphatic heterocycles. The Bertz CT molecular complexity index is 559. The smallest absolute Gasteiger partial charge is 0.128 e. The van der Waals surface area contributed by atoms with E-state index in [9.17, 15) is 4.39 Å². The number of hydrogen-bond donors (Lipinski definition) is 1. The predicted octanol–water partition coefficient (Wildman–Crippen LogP) is 2.57. The molecule has 108 valence electrons. The zero-order chi connectivity index (χ0) is 14.4. The van der Waals surface area contributed by atoms with Crippen LogP contribution in [0.5, 0.6) is 0 Å². The Morgan fingerprint density at radius 2 is 2.25 bits per heavy atom. The van der Waals surface area contributed by atoms with Crippen LogP contribution >= 0.6 is 15.9 Å². The molecule has 0 unspecified atom stereocenters. The topological polar surface area (TPSA) is 39.1 Å². The average Bonchev–Trinajstić information content (AvgIpc) is 2.86. The fourth-order valence-electron chi connectivity index (χ4n) is 1.87. The number of aromatic nitrogens is 2. The van der Waals surface area contributed by atoms with Crippen molar-refractivity contribution < 1.29 is 9.13 Å². The molecule has 1 heterocycles. The highest BCUT2D eigenvalue weighted by atomic mass is 79.9. The first kappa shape index (κ1) is 15.2. The van der Waals surface area contributed by atoms with Gasteiger partial charge in [0.15, 0.2) is 0 Å². The van der Waals surface area contributed by atoms with E-state index in [2.05, 4.69) is 26.3 Å². The van der Waals surface area contributed by atoms with Crippen molar-refractivity contribution in [1.82, 2.24) is 15.1 Å². The highest BCUT2D eigenvalue weighted by Crippen LogP contribution is 2.17. The van der Waals surface area contributed by atoms with Crippen molar-refractivity contribution in [3.05, 3.63) is 52.0 Å². The molecular formula is C14H17BrFN3O. The number of methoxy groups -OCH3 is 1. The number of benzene rings is 1. The van der Waals surface area contributed by atoms with Gasteiger partial charge in [-0.05, 0) is 24.3 Å². The van der Waals surface area contributed by atoms with Crippen LogP contribution in [-0.4, -0.2) is 30.0 Å². The van der Waals surface area contributed by atoms with Crippen LogP contribution in [0.15, 0.2) is 34.9 Å². The van der Waals surface area contributed by atoms with Gasteiger partial charge in [-0.1, -0.05) is 15.9 Å². The molecule has 1 N–H and O–H groups in total. The normalized spacial score (nSPS) is 10.9. The summed E-state index contributed by atoms with van der Waals surface area (Å²) < 4.78 is 21.4. The van der Waals surface area contributed by atoms with Gasteiger partial charge in [0.1, 0.15) is 5.82 Å². The van der Waals surface area contributed by atoms with E-state index in [0.29, 0.717) is 25.3 Å². The van der Waals surface area contributed by atoms with Gasteiger partial charge in [0.25, 0.3) is 0 Å². The third kappa shape index (κ3) is 4.13. The quantitative estimate of drug-likeness (QED) is 0.786. The molecule has 0 saturated carbocycles. The third-order valence-corrected chi connectivity index (χ3v) is 3.41. The first-order valence-electron chi connectivity index (χ1n) is 6.35. The van der Waals surface area contributed by atoms with Gasteiger partial charge in [0.2, 0.25) is 0 Å². The Morgan fingerprint density at radius 1 is 1.40 bits per heavy atom. The molecule has 2 rings (SSSR count). The molecule has 0 amide bonds. The van der Waals surface area contributed by atoms with Crippen LogP contribution < -0.4 is 5.32 Å². The van der Waals surface area contributed by atoms with Crippen LogP contribution in [0.4, 0.5) is 4.39 Å². The monoisotopic (exact) mass is 341 g/mol. The molecule has 0 saturated heterocycles. The maximum absolute atomic E-state index is 13.8. The Balaban J connectivity index is 2.02. The Hall–Kier alpha value is -1.24. The van der Waals surface area contributed by atoms with Crippen molar-refractivity contribution in [1.29, 1.82) is 0 Å². The van der Waals surface area contributed by atoms with E-state index in [1.54, 1.807) is 30.1 Å². The zero-order valence-corrected chi connectivity index (χ0v) is 12.9. The molecule has 0 atom stereocenters. The second kappa shape index (κ2) is 7.52. The van der Waals surface area contributed by atoms with E-state index in [4.69, 9.17) is 4.74 Å². The molecule has 1 aromatic carbocycles. The lowest BCUT2D eigenvalue weighted by molar-refractivity contribution is 0.199. The summed E-state index contributed by atoms with van der Waals surface area (Å²) in [7, 11) is 1.67. The third-order valence-electron chi connectivity index (χ3n) is 2.92. The lowest BCUT2D eigenvalue weighted by atomic mass is 10.2. The molecule has 0 bridgehead atoms. The van der Waals surface area contributed by atoms with Crippen molar-refractivity contribution in [3.8, 4) is 0 Å². The van der Waals surface area contributed by atoms with Crippen LogP contribution in [0.2, 0.25) is 0 Å². The van der Waals surface area contributed by atoms with Crippen LogP contribution in [0.25, 0.3) is 0 Å². The molecule has 0 fully saturated rings. The highest BCUT2D eigenvalue weighted by molar-refractivity contribution is 9.10. The molecule has 0 aliphatic rings. The van der Waals surface area contributed by atoms with E-state index in [1.165, 1.54) is 6.07 Å². The molecule has 4 nitrogen and oxygen atoms in total. The van der Waals surface area contributed by atoms with Crippen LogP contribution in [0.3, 0.4) is 0 Å². The van der Waals surface area contributed by atoms with E-state index in [-0.39, 0.29) is 5.82 Å². The summed E-state index contributed by atoms with van der Waals surface area (Å²) >= 11 is 3.36. The van der Waals surface area contributed by atoms with Gasteiger partial charge >= 0.3 is 0 Å². The number of nitrogens with zero attached hydrogens (tertiary/aromatic N) is 2. The van der Waals surface area contributed by atoms with E-state index < -0.39 is 0 Å². The van der Waals surface area contributed by atoms with Crippen molar-refractivity contribution in [2.45, 2.75) is 13.1 Å². The minimum absolute atomic E-state index is 0.220. The standard InChI is InChI=1S/C14H17BrFN3O/c1-20-7-6-17-9-13-4-5-18-19(13)10-11-8-12(15)2-3-14(11)16/h2-5,8,17H,6-7,9-10H2,1H3. The van der Waals surface area contributed by atoms with Gasteiger partial charge in [-0.3, -0.25) is 4.68 Å². The number of ether oxygens (including phenoxy) is 1. The minimum Gasteiger partial charge on any atom is -0.383 e. The first-order valence-corrected chi connectivity index (χ1v) is 7.14. The zero-order valence-electron chi connectivity index (χ0n) is 11.3. The first-order chi connectivity index (χ1) is 9.70. The van der Waals surface area contributed by atoms with Gasteiger partial charge in [-0.25, -0.2) is 4.39 Å². The highest BCUT2D eigenvalue weighted by Gasteiger charge is 2.07. The number of halogens is 2. The summed E-state index contributed by atoms with van der Waals surface area (Å²) in [6.45, 7) is 2.53. The van der Waals surface area contributed by atoms with Gasteiger partial charge in [0, 0.05) is 36.4 Å². The SMILES string of the molecule is COCCNCc1ccnn1Cc1cc(Br)ccc1F. The molecule has 2 aromatic rings. The fraction of sp³-hybridized carbons (Fsp3) is 0.357. The lowest BCUT2D eigenvalue weighted by Gasteiger charge is -2.10. The largest absolute Gasteiger partial charge is 0.383 e. The number of rotatable bonds is 7. The van der Waals surface area contributed by atoms with Gasteiger partial charge in [0.05, 0.1) is 18.8 Å².